The van der Waals surface area contributed by atoms with Crippen molar-refractivity contribution >= 4 is 5.69 Å². The summed E-state index contributed by atoms with van der Waals surface area (Å²) in [5.41, 5.74) is 6.41. The van der Waals surface area contributed by atoms with Crippen molar-refractivity contribution in [2.45, 2.75) is 0 Å². The lowest BCUT2D eigenvalue weighted by atomic mass is 10.3. The second-order valence-corrected chi connectivity index (χ2v) is 4.25. The minimum absolute atomic E-state index is 0.622. The molecular formula is C14H24N2O3. The maximum absolute atomic E-state index is 5.70. The van der Waals surface area contributed by atoms with Crippen LogP contribution in [-0.4, -0.2) is 58.6 Å². The first kappa shape index (κ1) is 15.8. The summed E-state index contributed by atoms with van der Waals surface area (Å²) in [5, 5.41) is 0. The number of benzene rings is 1. The quantitative estimate of drug-likeness (QED) is 0.647. The fourth-order valence-corrected chi connectivity index (χ4v) is 1.67. The minimum atomic E-state index is 0.622. The number of anilines is 1. The van der Waals surface area contributed by atoms with E-state index in [9.17, 15) is 0 Å². The first-order valence-electron chi connectivity index (χ1n) is 6.45. The van der Waals surface area contributed by atoms with E-state index < -0.39 is 0 Å². The first-order chi connectivity index (χ1) is 9.26. The van der Waals surface area contributed by atoms with Crippen molar-refractivity contribution in [2.24, 2.45) is 0 Å². The van der Waals surface area contributed by atoms with Crippen LogP contribution in [0.5, 0.6) is 5.75 Å². The van der Waals surface area contributed by atoms with Crippen LogP contribution in [0, 0.1) is 0 Å². The molecule has 5 nitrogen and oxygen atoms in total. The third kappa shape index (κ3) is 7.00. The Kier molecular flexibility index (Phi) is 7.97. The molecule has 1 rings (SSSR count). The van der Waals surface area contributed by atoms with E-state index in [2.05, 4.69) is 4.90 Å². The SMILES string of the molecule is COCCN(CCOC)CCOc1cccc(N)c1. The summed E-state index contributed by atoms with van der Waals surface area (Å²) in [6.07, 6.45) is 0. The number of nitrogen functional groups attached to an aromatic ring is 1. The van der Waals surface area contributed by atoms with Crippen LogP contribution in [0.25, 0.3) is 0 Å². The van der Waals surface area contributed by atoms with Crippen LogP contribution in [0.4, 0.5) is 5.69 Å². The summed E-state index contributed by atoms with van der Waals surface area (Å²) in [6.45, 7) is 4.63. The van der Waals surface area contributed by atoms with Crippen LogP contribution in [0.1, 0.15) is 0 Å². The number of hydrogen-bond donors (Lipinski definition) is 1. The Morgan fingerprint density at radius 3 is 2.21 bits per heavy atom. The molecule has 0 heterocycles. The third-order valence-corrected chi connectivity index (χ3v) is 2.76. The van der Waals surface area contributed by atoms with Crippen molar-refractivity contribution in [3.63, 3.8) is 0 Å². The molecule has 1 aromatic rings. The molecule has 0 fully saturated rings. The molecule has 0 radical (unpaired) electrons. The summed E-state index contributed by atoms with van der Waals surface area (Å²) in [5.74, 6) is 0.804. The van der Waals surface area contributed by atoms with E-state index in [0.29, 0.717) is 25.5 Å². The zero-order chi connectivity index (χ0) is 13.9. The van der Waals surface area contributed by atoms with Gasteiger partial charge < -0.3 is 19.9 Å². The highest BCUT2D eigenvalue weighted by Crippen LogP contribution is 2.14. The lowest BCUT2D eigenvalue weighted by Crippen LogP contribution is -2.34. The topological polar surface area (TPSA) is 57.0 Å². The zero-order valence-electron chi connectivity index (χ0n) is 11.8. The van der Waals surface area contributed by atoms with E-state index in [0.717, 1.165) is 25.4 Å². The Morgan fingerprint density at radius 2 is 1.63 bits per heavy atom. The van der Waals surface area contributed by atoms with Gasteiger partial charge in [-0.15, -0.1) is 0 Å². The lowest BCUT2D eigenvalue weighted by Gasteiger charge is -2.21. The van der Waals surface area contributed by atoms with Crippen LogP contribution >= 0.6 is 0 Å². The molecule has 19 heavy (non-hydrogen) atoms. The maximum atomic E-state index is 5.70. The summed E-state index contributed by atoms with van der Waals surface area (Å²) >= 11 is 0. The summed E-state index contributed by atoms with van der Waals surface area (Å²) in [7, 11) is 3.41. The van der Waals surface area contributed by atoms with E-state index in [1.807, 2.05) is 24.3 Å². The van der Waals surface area contributed by atoms with Gasteiger partial charge in [-0.1, -0.05) is 6.07 Å². The number of hydrogen-bond acceptors (Lipinski definition) is 5. The average molecular weight is 268 g/mol. The van der Waals surface area contributed by atoms with Crippen LogP contribution in [-0.2, 0) is 9.47 Å². The predicted molar refractivity (Wildman–Crippen MR) is 76.5 cm³/mol. The Hall–Kier alpha value is -1.30. The van der Waals surface area contributed by atoms with Gasteiger partial charge in [0.2, 0.25) is 0 Å². The molecule has 0 spiro atoms. The molecule has 0 unspecified atom stereocenters. The molecular weight excluding hydrogens is 244 g/mol. The van der Waals surface area contributed by atoms with E-state index in [-0.39, 0.29) is 0 Å². The van der Waals surface area contributed by atoms with E-state index >= 15 is 0 Å². The molecule has 108 valence electrons. The highest BCUT2D eigenvalue weighted by Gasteiger charge is 2.04. The Bertz CT molecular complexity index is 339. The standard InChI is InChI=1S/C14H24N2O3/c1-17-9-6-16(7-10-18-2)8-11-19-14-5-3-4-13(15)12-14/h3-5,12H,6-11,15H2,1-2H3. The van der Waals surface area contributed by atoms with Crippen molar-refractivity contribution in [1.29, 1.82) is 0 Å². The van der Waals surface area contributed by atoms with Crippen molar-refractivity contribution in [1.82, 2.24) is 4.90 Å². The molecule has 0 aliphatic heterocycles. The Morgan fingerprint density at radius 1 is 1.00 bits per heavy atom. The van der Waals surface area contributed by atoms with Gasteiger partial charge in [0, 0.05) is 45.6 Å². The second kappa shape index (κ2) is 9.61. The van der Waals surface area contributed by atoms with Crippen molar-refractivity contribution < 1.29 is 14.2 Å². The Balaban J connectivity index is 2.29. The van der Waals surface area contributed by atoms with E-state index in [4.69, 9.17) is 19.9 Å². The van der Waals surface area contributed by atoms with E-state index in [1.165, 1.54) is 0 Å². The number of nitrogens with two attached hydrogens (primary N) is 1. The van der Waals surface area contributed by atoms with Crippen molar-refractivity contribution in [2.75, 3.05) is 59.4 Å². The molecule has 0 saturated heterocycles. The van der Waals surface area contributed by atoms with Crippen LogP contribution < -0.4 is 10.5 Å². The highest BCUT2D eigenvalue weighted by atomic mass is 16.5. The molecule has 0 atom stereocenters. The normalized spacial score (nSPS) is 10.9. The van der Waals surface area contributed by atoms with Crippen LogP contribution in [0.15, 0.2) is 24.3 Å². The van der Waals surface area contributed by atoms with E-state index in [1.54, 1.807) is 14.2 Å². The molecule has 0 aliphatic carbocycles. The van der Waals surface area contributed by atoms with Crippen LogP contribution in [0.3, 0.4) is 0 Å². The van der Waals surface area contributed by atoms with Gasteiger partial charge in [-0.05, 0) is 12.1 Å². The molecule has 0 bridgehead atoms. The summed E-state index contributed by atoms with van der Waals surface area (Å²) in [4.78, 5) is 2.25. The van der Waals surface area contributed by atoms with Crippen molar-refractivity contribution in [3.8, 4) is 5.75 Å². The van der Waals surface area contributed by atoms with Gasteiger partial charge in [-0.2, -0.15) is 0 Å². The summed E-state index contributed by atoms with van der Waals surface area (Å²) in [6, 6.07) is 7.47. The molecule has 0 aliphatic rings. The lowest BCUT2D eigenvalue weighted by molar-refractivity contribution is 0.104. The second-order valence-electron chi connectivity index (χ2n) is 4.25. The molecule has 0 saturated carbocycles. The molecule has 2 N–H and O–H groups in total. The monoisotopic (exact) mass is 268 g/mol. The smallest absolute Gasteiger partial charge is 0.121 e. The maximum Gasteiger partial charge on any atom is 0.121 e. The molecule has 5 heteroatoms. The fourth-order valence-electron chi connectivity index (χ4n) is 1.67. The van der Waals surface area contributed by atoms with Gasteiger partial charge in [0.25, 0.3) is 0 Å². The highest BCUT2D eigenvalue weighted by molar-refractivity contribution is 5.43. The van der Waals surface area contributed by atoms with Gasteiger partial charge >= 0.3 is 0 Å². The average Bonchev–Trinajstić information content (AvgIpc) is 2.41. The van der Waals surface area contributed by atoms with Gasteiger partial charge in [0.05, 0.1) is 13.2 Å². The molecule has 0 aromatic heterocycles. The molecule has 0 amide bonds. The fraction of sp³-hybridized carbons (Fsp3) is 0.571. The molecule has 1 aromatic carbocycles. The van der Waals surface area contributed by atoms with Gasteiger partial charge in [-0.25, -0.2) is 0 Å². The summed E-state index contributed by atoms with van der Waals surface area (Å²) < 4.78 is 15.9. The first-order valence-corrected chi connectivity index (χ1v) is 6.45. The third-order valence-electron chi connectivity index (χ3n) is 2.76. The number of rotatable bonds is 10. The number of nitrogens with zero attached hydrogens (tertiary/aromatic N) is 1. The number of methoxy groups -OCH3 is 2. The zero-order valence-corrected chi connectivity index (χ0v) is 11.8. The van der Waals surface area contributed by atoms with Gasteiger partial charge in [0.15, 0.2) is 0 Å². The largest absolute Gasteiger partial charge is 0.492 e. The van der Waals surface area contributed by atoms with Gasteiger partial charge in [0.1, 0.15) is 12.4 Å². The van der Waals surface area contributed by atoms with Crippen molar-refractivity contribution in [3.05, 3.63) is 24.3 Å². The van der Waals surface area contributed by atoms with Gasteiger partial charge in [-0.3, -0.25) is 4.90 Å². The minimum Gasteiger partial charge on any atom is -0.492 e. The predicted octanol–water partition coefficient (Wildman–Crippen LogP) is 1.24. The van der Waals surface area contributed by atoms with Crippen LogP contribution in [0.2, 0.25) is 0 Å². The number of ether oxygens (including phenoxy) is 3. The Labute approximate surface area is 115 Å².